The minimum Gasteiger partial charge on any atom is -0.348 e. The van der Waals surface area contributed by atoms with Crippen LogP contribution in [0.2, 0.25) is 0 Å². The number of aromatic amines is 1. The van der Waals surface area contributed by atoms with Crippen molar-refractivity contribution in [2.24, 2.45) is 0 Å². The molecule has 0 unspecified atom stereocenters. The van der Waals surface area contributed by atoms with Gasteiger partial charge in [-0.2, -0.15) is 5.10 Å². The first-order chi connectivity index (χ1) is 14.2. The Morgan fingerprint density at radius 3 is 2.41 bits per heavy atom. The zero-order valence-corrected chi connectivity index (χ0v) is 16.2. The molecule has 1 aromatic heterocycles. The Labute approximate surface area is 169 Å². The van der Waals surface area contributed by atoms with Crippen LogP contribution in [0.5, 0.6) is 0 Å². The molecular formula is C23H24N4O2. The molecule has 2 aromatic carbocycles. The SMILES string of the molecule is O=C(NCc1ccc(C(=O)N2CCCCC2)cc1)c1cn[nH]c1-c1ccccc1. The fourth-order valence-corrected chi connectivity index (χ4v) is 3.61. The Balaban J connectivity index is 1.38. The highest BCUT2D eigenvalue weighted by atomic mass is 16.2. The Kier molecular flexibility index (Phi) is 5.70. The molecule has 1 saturated heterocycles. The normalized spacial score (nSPS) is 13.9. The fourth-order valence-electron chi connectivity index (χ4n) is 3.61. The standard InChI is InChI=1S/C23H24N4O2/c28-22(20-16-25-26-21(20)18-7-3-1-4-8-18)24-15-17-9-11-19(12-10-17)23(29)27-13-5-2-6-14-27/h1,3-4,7-12,16H,2,5-6,13-15H2,(H,24,28)(H,25,26). The maximum Gasteiger partial charge on any atom is 0.255 e. The lowest BCUT2D eigenvalue weighted by atomic mass is 10.1. The van der Waals surface area contributed by atoms with Crippen LogP contribution in [0.25, 0.3) is 11.3 Å². The van der Waals surface area contributed by atoms with Gasteiger partial charge >= 0.3 is 0 Å². The van der Waals surface area contributed by atoms with Gasteiger partial charge in [-0.25, -0.2) is 0 Å². The van der Waals surface area contributed by atoms with Gasteiger partial charge in [0.25, 0.3) is 11.8 Å². The highest BCUT2D eigenvalue weighted by molar-refractivity contribution is 5.99. The van der Waals surface area contributed by atoms with Crippen LogP contribution in [0.3, 0.4) is 0 Å². The van der Waals surface area contributed by atoms with Crippen molar-refractivity contribution in [3.8, 4) is 11.3 Å². The maximum atomic E-state index is 12.6. The van der Waals surface area contributed by atoms with E-state index >= 15 is 0 Å². The minimum atomic E-state index is -0.189. The third kappa shape index (κ3) is 4.37. The van der Waals surface area contributed by atoms with Crippen LogP contribution in [0.1, 0.15) is 45.5 Å². The number of piperidine rings is 1. The lowest BCUT2D eigenvalue weighted by molar-refractivity contribution is 0.0724. The van der Waals surface area contributed by atoms with E-state index in [0.29, 0.717) is 23.4 Å². The third-order valence-electron chi connectivity index (χ3n) is 5.24. The van der Waals surface area contributed by atoms with Gasteiger partial charge in [0.1, 0.15) is 0 Å². The van der Waals surface area contributed by atoms with Gasteiger partial charge in [-0.05, 0) is 37.0 Å². The second-order valence-corrected chi connectivity index (χ2v) is 7.26. The lowest BCUT2D eigenvalue weighted by Crippen LogP contribution is -2.35. The zero-order chi connectivity index (χ0) is 20.1. The summed E-state index contributed by atoms with van der Waals surface area (Å²) in [4.78, 5) is 27.1. The Morgan fingerprint density at radius 1 is 0.966 bits per heavy atom. The molecule has 1 fully saturated rings. The summed E-state index contributed by atoms with van der Waals surface area (Å²) in [5, 5.41) is 9.85. The molecule has 2 amide bonds. The van der Waals surface area contributed by atoms with Crippen molar-refractivity contribution in [1.29, 1.82) is 0 Å². The summed E-state index contributed by atoms with van der Waals surface area (Å²) in [6.07, 6.45) is 4.90. The molecular weight excluding hydrogens is 364 g/mol. The average Bonchev–Trinajstić information content (AvgIpc) is 3.29. The molecule has 0 bridgehead atoms. The van der Waals surface area contributed by atoms with Crippen molar-refractivity contribution in [3.05, 3.63) is 77.5 Å². The summed E-state index contributed by atoms with van der Waals surface area (Å²) >= 11 is 0. The number of benzene rings is 2. The van der Waals surface area contributed by atoms with Crippen LogP contribution in [0.15, 0.2) is 60.8 Å². The Hall–Kier alpha value is -3.41. The Bertz CT molecular complexity index is 974. The van der Waals surface area contributed by atoms with Gasteiger partial charge in [0.2, 0.25) is 0 Å². The second-order valence-electron chi connectivity index (χ2n) is 7.26. The summed E-state index contributed by atoms with van der Waals surface area (Å²) in [5.74, 6) is -0.0998. The number of rotatable bonds is 5. The highest BCUT2D eigenvalue weighted by Crippen LogP contribution is 2.20. The highest BCUT2D eigenvalue weighted by Gasteiger charge is 2.18. The zero-order valence-electron chi connectivity index (χ0n) is 16.2. The van der Waals surface area contributed by atoms with Crippen LogP contribution in [0.4, 0.5) is 0 Å². The van der Waals surface area contributed by atoms with E-state index in [9.17, 15) is 9.59 Å². The molecule has 1 aliphatic heterocycles. The molecule has 3 aromatic rings. The molecule has 6 nitrogen and oxygen atoms in total. The van der Waals surface area contributed by atoms with E-state index in [1.54, 1.807) is 0 Å². The smallest absolute Gasteiger partial charge is 0.255 e. The predicted molar refractivity (Wildman–Crippen MR) is 111 cm³/mol. The number of likely N-dealkylation sites (tertiary alicyclic amines) is 1. The molecule has 4 rings (SSSR count). The number of hydrogen-bond acceptors (Lipinski definition) is 3. The monoisotopic (exact) mass is 388 g/mol. The van der Waals surface area contributed by atoms with Gasteiger partial charge in [0.05, 0.1) is 17.5 Å². The van der Waals surface area contributed by atoms with Gasteiger partial charge < -0.3 is 10.2 Å². The second kappa shape index (κ2) is 8.73. The van der Waals surface area contributed by atoms with Crippen molar-refractivity contribution in [2.45, 2.75) is 25.8 Å². The van der Waals surface area contributed by atoms with Gasteiger partial charge in [0.15, 0.2) is 0 Å². The molecule has 2 N–H and O–H groups in total. The summed E-state index contributed by atoms with van der Waals surface area (Å²) in [7, 11) is 0. The van der Waals surface area contributed by atoms with Crippen molar-refractivity contribution < 1.29 is 9.59 Å². The Morgan fingerprint density at radius 2 is 1.69 bits per heavy atom. The molecule has 148 valence electrons. The van der Waals surface area contributed by atoms with E-state index in [1.807, 2.05) is 59.5 Å². The summed E-state index contributed by atoms with van der Waals surface area (Å²) in [5.41, 5.74) is 3.76. The van der Waals surface area contributed by atoms with Gasteiger partial charge in [-0.1, -0.05) is 42.5 Å². The molecule has 2 heterocycles. The number of nitrogens with one attached hydrogen (secondary N) is 2. The van der Waals surface area contributed by atoms with Gasteiger partial charge in [0, 0.05) is 30.8 Å². The first-order valence-electron chi connectivity index (χ1n) is 9.97. The average molecular weight is 388 g/mol. The van der Waals surface area contributed by atoms with E-state index in [2.05, 4.69) is 15.5 Å². The number of carbonyl (C=O) groups is 2. The van der Waals surface area contributed by atoms with Crippen molar-refractivity contribution in [2.75, 3.05) is 13.1 Å². The van der Waals surface area contributed by atoms with E-state index in [4.69, 9.17) is 0 Å². The van der Waals surface area contributed by atoms with Crippen molar-refractivity contribution in [1.82, 2.24) is 20.4 Å². The number of nitrogens with zero attached hydrogens (tertiary/aromatic N) is 2. The summed E-state index contributed by atoms with van der Waals surface area (Å²) in [6.45, 7) is 2.06. The number of amides is 2. The van der Waals surface area contributed by atoms with Gasteiger partial charge in [-0.15, -0.1) is 0 Å². The number of aromatic nitrogens is 2. The molecule has 0 atom stereocenters. The first kappa shape index (κ1) is 18.9. The number of hydrogen-bond donors (Lipinski definition) is 2. The van der Waals surface area contributed by atoms with Crippen LogP contribution in [0, 0.1) is 0 Å². The molecule has 0 radical (unpaired) electrons. The molecule has 1 aliphatic rings. The van der Waals surface area contributed by atoms with Crippen LogP contribution >= 0.6 is 0 Å². The maximum absolute atomic E-state index is 12.6. The number of carbonyl (C=O) groups excluding carboxylic acids is 2. The first-order valence-corrected chi connectivity index (χ1v) is 9.97. The third-order valence-corrected chi connectivity index (χ3v) is 5.24. The lowest BCUT2D eigenvalue weighted by Gasteiger charge is -2.26. The molecule has 6 heteroatoms. The van der Waals surface area contributed by atoms with E-state index in [-0.39, 0.29) is 11.8 Å². The molecule has 29 heavy (non-hydrogen) atoms. The van der Waals surface area contributed by atoms with Crippen molar-refractivity contribution in [3.63, 3.8) is 0 Å². The quantitative estimate of drug-likeness (QED) is 0.701. The van der Waals surface area contributed by atoms with Crippen LogP contribution in [-0.2, 0) is 6.54 Å². The topological polar surface area (TPSA) is 78.1 Å². The summed E-state index contributed by atoms with van der Waals surface area (Å²) in [6, 6.07) is 17.1. The molecule has 0 spiro atoms. The summed E-state index contributed by atoms with van der Waals surface area (Å²) < 4.78 is 0. The molecule has 0 aliphatic carbocycles. The largest absolute Gasteiger partial charge is 0.348 e. The van der Waals surface area contributed by atoms with E-state index in [1.165, 1.54) is 12.6 Å². The van der Waals surface area contributed by atoms with Gasteiger partial charge in [-0.3, -0.25) is 14.7 Å². The van der Waals surface area contributed by atoms with Crippen LogP contribution in [-0.4, -0.2) is 40.0 Å². The predicted octanol–water partition coefficient (Wildman–Crippen LogP) is 3.63. The van der Waals surface area contributed by atoms with Crippen molar-refractivity contribution >= 4 is 11.8 Å². The van der Waals surface area contributed by atoms with Crippen LogP contribution < -0.4 is 5.32 Å². The molecule has 0 saturated carbocycles. The van der Waals surface area contributed by atoms with E-state index < -0.39 is 0 Å². The fraction of sp³-hybridized carbons (Fsp3) is 0.261. The minimum absolute atomic E-state index is 0.0891. The van der Waals surface area contributed by atoms with E-state index in [0.717, 1.165) is 37.1 Å². The number of H-pyrrole nitrogens is 1.